The quantitative estimate of drug-likeness (QED) is 0.661. The number of hydrogen-bond donors (Lipinski definition) is 2. The van der Waals surface area contributed by atoms with Crippen LogP contribution in [0.3, 0.4) is 0 Å². The number of hydrogen-bond acceptors (Lipinski definition) is 5. The summed E-state index contributed by atoms with van der Waals surface area (Å²) in [6.07, 6.45) is 2.89. The van der Waals surface area contributed by atoms with Gasteiger partial charge in [-0.25, -0.2) is 0 Å². The first kappa shape index (κ1) is 13.4. The smallest absolute Gasteiger partial charge is 0.271 e. The molecule has 110 valence electrons. The zero-order valence-corrected chi connectivity index (χ0v) is 11.5. The summed E-state index contributed by atoms with van der Waals surface area (Å²) in [5.41, 5.74) is 0.159. The van der Waals surface area contributed by atoms with Gasteiger partial charge in [-0.1, -0.05) is 5.16 Å². The number of carbonyl (C=O) groups excluding carboxylic acids is 2. The van der Waals surface area contributed by atoms with Gasteiger partial charge in [0, 0.05) is 39.0 Å². The summed E-state index contributed by atoms with van der Waals surface area (Å²) in [7, 11) is 0. The standard InChI is InChI=1S/C13H20N4O3/c18-11-2-6-17(7-5-15-11)12(19)10-8-13(20-16-10)3-1-4-14-9-13/h14H,1-9H2,(H,15,18). The third-order valence-corrected chi connectivity index (χ3v) is 4.12. The van der Waals surface area contributed by atoms with E-state index in [1.165, 1.54) is 0 Å². The lowest BCUT2D eigenvalue weighted by molar-refractivity contribution is -0.124. The summed E-state index contributed by atoms with van der Waals surface area (Å²) in [5.74, 6) is -0.0955. The van der Waals surface area contributed by atoms with E-state index in [0.29, 0.717) is 38.2 Å². The number of nitrogens with one attached hydrogen (secondary N) is 2. The summed E-state index contributed by atoms with van der Waals surface area (Å²) in [4.78, 5) is 31.0. The number of piperidine rings is 1. The van der Waals surface area contributed by atoms with E-state index in [4.69, 9.17) is 4.84 Å². The molecule has 2 N–H and O–H groups in total. The van der Waals surface area contributed by atoms with Gasteiger partial charge in [-0.2, -0.15) is 0 Å². The van der Waals surface area contributed by atoms with Crippen molar-refractivity contribution in [2.24, 2.45) is 5.16 Å². The Hall–Kier alpha value is -1.63. The predicted molar refractivity (Wildman–Crippen MR) is 72.2 cm³/mol. The fourth-order valence-corrected chi connectivity index (χ4v) is 2.96. The lowest BCUT2D eigenvalue weighted by Gasteiger charge is -2.31. The topological polar surface area (TPSA) is 83.0 Å². The fraction of sp³-hybridized carbons (Fsp3) is 0.769. The van der Waals surface area contributed by atoms with Crippen molar-refractivity contribution < 1.29 is 14.4 Å². The minimum atomic E-state index is -0.330. The highest BCUT2D eigenvalue weighted by Crippen LogP contribution is 2.30. The molecule has 0 aromatic heterocycles. The summed E-state index contributed by atoms with van der Waals surface area (Å²) in [6, 6.07) is 0. The van der Waals surface area contributed by atoms with E-state index in [1.807, 2.05) is 0 Å². The lowest BCUT2D eigenvalue weighted by atomic mass is 9.89. The highest BCUT2D eigenvalue weighted by atomic mass is 16.7. The Balaban J connectivity index is 1.62. The normalized spacial score (nSPS) is 30.5. The van der Waals surface area contributed by atoms with Gasteiger partial charge in [0.1, 0.15) is 5.71 Å². The molecule has 0 aromatic rings. The van der Waals surface area contributed by atoms with E-state index in [1.54, 1.807) is 4.90 Å². The Morgan fingerprint density at radius 2 is 2.25 bits per heavy atom. The van der Waals surface area contributed by atoms with Crippen molar-refractivity contribution in [3.8, 4) is 0 Å². The molecular formula is C13H20N4O3. The molecule has 2 saturated heterocycles. The van der Waals surface area contributed by atoms with Crippen LogP contribution in [0.1, 0.15) is 25.7 Å². The maximum Gasteiger partial charge on any atom is 0.271 e. The van der Waals surface area contributed by atoms with Crippen molar-refractivity contribution in [1.29, 1.82) is 0 Å². The van der Waals surface area contributed by atoms with Crippen molar-refractivity contribution in [2.45, 2.75) is 31.3 Å². The monoisotopic (exact) mass is 280 g/mol. The van der Waals surface area contributed by atoms with E-state index >= 15 is 0 Å². The van der Waals surface area contributed by atoms with Crippen molar-refractivity contribution in [3.05, 3.63) is 0 Å². The number of nitrogens with zero attached hydrogens (tertiary/aromatic N) is 2. The molecule has 0 saturated carbocycles. The largest absolute Gasteiger partial charge is 0.387 e. The van der Waals surface area contributed by atoms with E-state index in [0.717, 1.165) is 25.9 Å². The second kappa shape index (κ2) is 5.40. The van der Waals surface area contributed by atoms with Gasteiger partial charge < -0.3 is 20.4 Å². The molecule has 3 rings (SSSR count). The molecule has 3 aliphatic heterocycles. The zero-order chi connectivity index (χ0) is 14.0. The molecule has 1 unspecified atom stereocenters. The van der Waals surface area contributed by atoms with Crippen molar-refractivity contribution in [1.82, 2.24) is 15.5 Å². The highest BCUT2D eigenvalue weighted by Gasteiger charge is 2.43. The molecule has 0 aliphatic carbocycles. The summed E-state index contributed by atoms with van der Waals surface area (Å²) < 4.78 is 0. The van der Waals surface area contributed by atoms with Gasteiger partial charge in [0.2, 0.25) is 5.91 Å². The van der Waals surface area contributed by atoms with Gasteiger partial charge >= 0.3 is 0 Å². The van der Waals surface area contributed by atoms with Crippen LogP contribution < -0.4 is 10.6 Å². The van der Waals surface area contributed by atoms with Crippen molar-refractivity contribution in [3.63, 3.8) is 0 Å². The molecule has 3 heterocycles. The zero-order valence-electron chi connectivity index (χ0n) is 11.5. The summed E-state index contributed by atoms with van der Waals surface area (Å²) in [6.45, 7) is 3.23. The fourth-order valence-electron chi connectivity index (χ4n) is 2.96. The first-order valence-electron chi connectivity index (χ1n) is 7.20. The van der Waals surface area contributed by atoms with E-state index in [2.05, 4.69) is 15.8 Å². The molecule has 0 radical (unpaired) electrons. The number of oxime groups is 1. The Morgan fingerprint density at radius 3 is 3.05 bits per heavy atom. The van der Waals surface area contributed by atoms with Gasteiger partial charge in [-0.15, -0.1) is 0 Å². The molecule has 1 atom stereocenters. The van der Waals surface area contributed by atoms with Crippen LogP contribution in [0, 0.1) is 0 Å². The predicted octanol–water partition coefficient (Wildman–Crippen LogP) is -0.767. The van der Waals surface area contributed by atoms with Crippen LogP contribution in [0.25, 0.3) is 0 Å². The van der Waals surface area contributed by atoms with Gasteiger partial charge in [0.25, 0.3) is 5.91 Å². The van der Waals surface area contributed by atoms with Gasteiger partial charge in [-0.3, -0.25) is 9.59 Å². The molecule has 7 heteroatoms. The summed E-state index contributed by atoms with van der Waals surface area (Å²) in [5, 5.41) is 10.1. The van der Waals surface area contributed by atoms with Crippen LogP contribution >= 0.6 is 0 Å². The van der Waals surface area contributed by atoms with Gasteiger partial charge in [0.05, 0.1) is 0 Å². The Morgan fingerprint density at radius 1 is 1.35 bits per heavy atom. The van der Waals surface area contributed by atoms with Crippen LogP contribution in [0.4, 0.5) is 0 Å². The number of rotatable bonds is 1. The van der Waals surface area contributed by atoms with Gasteiger partial charge in [-0.05, 0) is 19.4 Å². The first-order valence-corrected chi connectivity index (χ1v) is 7.20. The Bertz CT molecular complexity index is 443. The van der Waals surface area contributed by atoms with E-state index in [9.17, 15) is 9.59 Å². The van der Waals surface area contributed by atoms with Gasteiger partial charge in [0.15, 0.2) is 5.60 Å². The van der Waals surface area contributed by atoms with E-state index < -0.39 is 0 Å². The molecular weight excluding hydrogens is 260 g/mol. The third-order valence-electron chi connectivity index (χ3n) is 4.12. The molecule has 2 fully saturated rings. The maximum atomic E-state index is 12.4. The maximum absolute atomic E-state index is 12.4. The van der Waals surface area contributed by atoms with Crippen molar-refractivity contribution in [2.75, 3.05) is 32.7 Å². The highest BCUT2D eigenvalue weighted by molar-refractivity contribution is 6.39. The van der Waals surface area contributed by atoms with Crippen LogP contribution in [0.5, 0.6) is 0 Å². The van der Waals surface area contributed by atoms with Crippen molar-refractivity contribution >= 4 is 17.5 Å². The Labute approximate surface area is 117 Å². The van der Waals surface area contributed by atoms with Crippen LogP contribution in [-0.4, -0.2) is 60.8 Å². The number of amides is 2. The molecule has 7 nitrogen and oxygen atoms in total. The van der Waals surface area contributed by atoms with Crippen LogP contribution in [-0.2, 0) is 14.4 Å². The van der Waals surface area contributed by atoms with E-state index in [-0.39, 0.29) is 17.4 Å². The summed E-state index contributed by atoms with van der Waals surface area (Å²) >= 11 is 0. The minimum Gasteiger partial charge on any atom is -0.387 e. The molecule has 0 bridgehead atoms. The SMILES string of the molecule is O=C1CCN(C(=O)C2=NOC3(CCCNC3)C2)CCN1. The molecule has 2 amide bonds. The lowest BCUT2D eigenvalue weighted by Crippen LogP contribution is -2.47. The average molecular weight is 280 g/mol. The molecule has 20 heavy (non-hydrogen) atoms. The van der Waals surface area contributed by atoms with Crippen LogP contribution in [0.2, 0.25) is 0 Å². The second-order valence-corrected chi connectivity index (χ2v) is 5.66. The Kier molecular flexibility index (Phi) is 3.60. The molecule has 1 spiro atoms. The number of carbonyl (C=O) groups is 2. The molecule has 0 aromatic carbocycles. The molecule has 3 aliphatic rings. The third kappa shape index (κ3) is 2.63. The van der Waals surface area contributed by atoms with Crippen LogP contribution in [0.15, 0.2) is 5.16 Å². The minimum absolute atomic E-state index is 0.00198. The second-order valence-electron chi connectivity index (χ2n) is 5.66. The first-order chi connectivity index (χ1) is 9.69. The average Bonchev–Trinajstić information content (AvgIpc) is 2.73.